The van der Waals surface area contributed by atoms with Gasteiger partial charge in [-0.2, -0.15) is 0 Å². The van der Waals surface area contributed by atoms with Crippen LogP contribution in [0.2, 0.25) is 0 Å². The van der Waals surface area contributed by atoms with Gasteiger partial charge < -0.3 is 24.3 Å². The predicted molar refractivity (Wildman–Crippen MR) is 58.3 cm³/mol. The van der Waals surface area contributed by atoms with Crippen molar-refractivity contribution in [2.75, 3.05) is 13.7 Å². The van der Waals surface area contributed by atoms with E-state index in [0.717, 1.165) is 12.8 Å². The molecule has 2 heterocycles. The number of alkyl carbamates (subject to hydrolysis) is 1. The summed E-state index contributed by atoms with van der Waals surface area (Å²) in [5, 5.41) is 2.62. The topological polar surface area (TPSA) is 66.0 Å². The van der Waals surface area contributed by atoms with E-state index in [1.165, 1.54) is 7.11 Å². The van der Waals surface area contributed by atoms with Crippen LogP contribution < -0.4 is 5.32 Å². The quantitative estimate of drug-likeness (QED) is 0.803. The molecule has 0 aromatic heterocycles. The van der Waals surface area contributed by atoms with Crippen LogP contribution in [0.1, 0.15) is 26.7 Å². The van der Waals surface area contributed by atoms with Gasteiger partial charge in [-0.3, -0.25) is 0 Å². The van der Waals surface area contributed by atoms with Gasteiger partial charge in [-0.05, 0) is 20.3 Å². The molecule has 1 amide bonds. The fourth-order valence-electron chi connectivity index (χ4n) is 2.18. The third kappa shape index (κ3) is 3.08. The van der Waals surface area contributed by atoms with E-state index in [-0.39, 0.29) is 18.5 Å². The molecule has 2 rings (SSSR count). The Morgan fingerprint density at radius 1 is 1.47 bits per heavy atom. The molecule has 6 heteroatoms. The van der Waals surface area contributed by atoms with Crippen LogP contribution in [0.15, 0.2) is 0 Å². The van der Waals surface area contributed by atoms with Crippen molar-refractivity contribution in [3.05, 3.63) is 0 Å². The van der Waals surface area contributed by atoms with Crippen LogP contribution in [0, 0.1) is 0 Å². The normalized spacial score (nSPS) is 34.4. The van der Waals surface area contributed by atoms with Crippen molar-refractivity contribution in [2.45, 2.75) is 51.0 Å². The number of hydrogen-bond donors (Lipinski definition) is 1. The number of nitrogens with one attached hydrogen (secondary N) is 1. The lowest BCUT2D eigenvalue weighted by atomic mass is 10.1. The smallest absolute Gasteiger partial charge is 0.406 e. The van der Waals surface area contributed by atoms with Crippen molar-refractivity contribution in [1.29, 1.82) is 0 Å². The first-order chi connectivity index (χ1) is 8.00. The molecule has 0 spiro atoms. The zero-order valence-corrected chi connectivity index (χ0v) is 10.4. The van der Waals surface area contributed by atoms with E-state index in [1.807, 2.05) is 13.8 Å². The van der Waals surface area contributed by atoms with Gasteiger partial charge in [0.2, 0.25) is 0 Å². The van der Waals surface area contributed by atoms with Gasteiger partial charge in [0.1, 0.15) is 6.10 Å². The van der Waals surface area contributed by atoms with Gasteiger partial charge in [-0.1, -0.05) is 0 Å². The van der Waals surface area contributed by atoms with Gasteiger partial charge in [0, 0.05) is 13.0 Å². The molecule has 0 radical (unpaired) electrons. The van der Waals surface area contributed by atoms with Gasteiger partial charge in [-0.15, -0.1) is 0 Å². The van der Waals surface area contributed by atoms with Crippen LogP contribution in [0.5, 0.6) is 0 Å². The maximum atomic E-state index is 10.8. The second kappa shape index (κ2) is 4.80. The summed E-state index contributed by atoms with van der Waals surface area (Å²) in [6.07, 6.45) is 0.919. The molecule has 2 fully saturated rings. The Labute approximate surface area is 101 Å². The number of amides is 1. The van der Waals surface area contributed by atoms with Gasteiger partial charge >= 0.3 is 6.09 Å². The third-order valence-corrected chi connectivity index (χ3v) is 2.88. The largest absolute Gasteiger partial charge is 0.453 e. The maximum absolute atomic E-state index is 10.8. The molecule has 2 saturated heterocycles. The van der Waals surface area contributed by atoms with Crippen molar-refractivity contribution in [2.24, 2.45) is 0 Å². The number of ether oxygens (including phenoxy) is 4. The summed E-state index contributed by atoms with van der Waals surface area (Å²) in [7, 11) is 1.34. The number of hydrogen-bond acceptors (Lipinski definition) is 5. The first-order valence-electron chi connectivity index (χ1n) is 5.83. The van der Waals surface area contributed by atoms with Crippen LogP contribution >= 0.6 is 0 Å². The molecule has 3 atom stereocenters. The summed E-state index contributed by atoms with van der Waals surface area (Å²) in [4.78, 5) is 10.8. The van der Waals surface area contributed by atoms with Gasteiger partial charge in [-0.25, -0.2) is 4.79 Å². The average molecular weight is 245 g/mol. The molecule has 0 aliphatic carbocycles. The summed E-state index contributed by atoms with van der Waals surface area (Å²) >= 11 is 0. The van der Waals surface area contributed by atoms with E-state index >= 15 is 0 Å². The van der Waals surface area contributed by atoms with E-state index in [2.05, 4.69) is 10.1 Å². The Hall–Kier alpha value is -0.850. The molecule has 1 N–H and O–H groups in total. The molecule has 1 unspecified atom stereocenters. The second-order valence-electron chi connectivity index (χ2n) is 4.74. The van der Waals surface area contributed by atoms with E-state index in [1.54, 1.807) is 0 Å². The van der Waals surface area contributed by atoms with Crippen molar-refractivity contribution >= 4 is 6.09 Å². The molecule has 0 saturated carbocycles. The highest BCUT2D eigenvalue weighted by molar-refractivity contribution is 5.66. The SMILES string of the molecule is COC(=O)NCC[C@@H]1C[C@H]2OC(C)(C)OC2O1. The van der Waals surface area contributed by atoms with E-state index in [0.29, 0.717) is 6.54 Å². The Morgan fingerprint density at radius 2 is 2.24 bits per heavy atom. The fourth-order valence-corrected chi connectivity index (χ4v) is 2.18. The summed E-state index contributed by atoms with van der Waals surface area (Å²) < 4.78 is 21.5. The third-order valence-electron chi connectivity index (χ3n) is 2.88. The monoisotopic (exact) mass is 245 g/mol. The molecule has 17 heavy (non-hydrogen) atoms. The summed E-state index contributed by atoms with van der Waals surface area (Å²) in [5.74, 6) is -0.551. The molecule has 2 aliphatic heterocycles. The average Bonchev–Trinajstić information content (AvgIpc) is 2.70. The lowest BCUT2D eigenvalue weighted by molar-refractivity contribution is -0.204. The van der Waals surface area contributed by atoms with Gasteiger partial charge in [0.05, 0.1) is 13.2 Å². The first-order valence-corrected chi connectivity index (χ1v) is 5.83. The van der Waals surface area contributed by atoms with Crippen LogP contribution in [0.25, 0.3) is 0 Å². The Morgan fingerprint density at radius 3 is 2.88 bits per heavy atom. The summed E-state index contributed by atoms with van der Waals surface area (Å²) in [5.41, 5.74) is 0. The highest BCUT2D eigenvalue weighted by Gasteiger charge is 2.48. The molecule has 0 aromatic rings. The lowest BCUT2D eigenvalue weighted by Crippen LogP contribution is -2.28. The highest BCUT2D eigenvalue weighted by atomic mass is 16.8. The molecule has 0 bridgehead atoms. The van der Waals surface area contributed by atoms with Crippen LogP contribution in [-0.4, -0.2) is 44.0 Å². The minimum atomic E-state index is -0.551. The van der Waals surface area contributed by atoms with Crippen LogP contribution in [0.4, 0.5) is 4.79 Å². The zero-order chi connectivity index (χ0) is 12.5. The second-order valence-corrected chi connectivity index (χ2v) is 4.74. The number of rotatable bonds is 3. The summed E-state index contributed by atoms with van der Waals surface area (Å²) in [6, 6.07) is 0. The maximum Gasteiger partial charge on any atom is 0.406 e. The van der Waals surface area contributed by atoms with Gasteiger partial charge in [0.15, 0.2) is 12.1 Å². The molecule has 2 aliphatic rings. The van der Waals surface area contributed by atoms with Gasteiger partial charge in [0.25, 0.3) is 0 Å². The molecule has 6 nitrogen and oxygen atoms in total. The lowest BCUT2D eigenvalue weighted by Gasteiger charge is -2.20. The fraction of sp³-hybridized carbons (Fsp3) is 0.909. The highest BCUT2D eigenvalue weighted by Crippen LogP contribution is 2.37. The first kappa shape index (κ1) is 12.6. The van der Waals surface area contributed by atoms with E-state index in [4.69, 9.17) is 14.2 Å². The minimum Gasteiger partial charge on any atom is -0.453 e. The number of carbonyl (C=O) groups excluding carboxylic acids is 1. The zero-order valence-electron chi connectivity index (χ0n) is 10.4. The molecule has 0 aromatic carbocycles. The number of methoxy groups -OCH3 is 1. The Balaban J connectivity index is 1.69. The van der Waals surface area contributed by atoms with E-state index in [9.17, 15) is 4.79 Å². The minimum absolute atomic E-state index is 0.00752. The summed E-state index contributed by atoms with van der Waals surface area (Å²) in [6.45, 7) is 4.28. The molecular weight excluding hydrogens is 226 g/mol. The van der Waals surface area contributed by atoms with Crippen molar-refractivity contribution in [1.82, 2.24) is 5.32 Å². The van der Waals surface area contributed by atoms with Crippen molar-refractivity contribution < 1.29 is 23.7 Å². The van der Waals surface area contributed by atoms with Crippen LogP contribution in [0.3, 0.4) is 0 Å². The van der Waals surface area contributed by atoms with E-state index < -0.39 is 11.9 Å². The Kier molecular flexibility index (Phi) is 3.56. The predicted octanol–water partition coefficient (Wildman–Crippen LogP) is 0.999. The standard InChI is InChI=1S/C11H19NO5/c1-11(2)16-8-6-7(15-9(8)17-11)4-5-12-10(13)14-3/h7-9H,4-6H2,1-3H3,(H,12,13)/t7-,8-,9?/m1/s1. The Bertz CT molecular complexity index is 278. The molecule has 98 valence electrons. The van der Waals surface area contributed by atoms with Crippen molar-refractivity contribution in [3.8, 4) is 0 Å². The van der Waals surface area contributed by atoms with Crippen molar-refractivity contribution in [3.63, 3.8) is 0 Å². The number of carbonyl (C=O) groups is 1. The molecular formula is C11H19NO5. The van der Waals surface area contributed by atoms with Crippen LogP contribution in [-0.2, 0) is 18.9 Å². The number of fused-ring (bicyclic) bond motifs is 1.